The predicted octanol–water partition coefficient (Wildman–Crippen LogP) is 3.77. The monoisotopic (exact) mass is 376 g/mol. The van der Waals surface area contributed by atoms with E-state index >= 15 is 0 Å². The highest BCUT2D eigenvalue weighted by Gasteiger charge is 2.33. The number of amides is 1. The zero-order chi connectivity index (χ0) is 17.1. The summed E-state index contributed by atoms with van der Waals surface area (Å²) >= 11 is 1.62. The smallest absolute Gasteiger partial charge is 0.233 e. The number of halogens is 1. The van der Waals surface area contributed by atoms with Crippen LogP contribution in [0, 0.1) is 13.8 Å². The Labute approximate surface area is 160 Å². The summed E-state index contributed by atoms with van der Waals surface area (Å²) in [5.41, 5.74) is 9.99. The van der Waals surface area contributed by atoms with E-state index in [-0.39, 0.29) is 30.3 Å². The molecule has 1 fully saturated rings. The summed E-state index contributed by atoms with van der Waals surface area (Å²) < 4.78 is 0. The molecule has 0 radical (unpaired) electrons. The Kier molecular flexibility index (Phi) is 6.94. The molecule has 134 valence electrons. The van der Waals surface area contributed by atoms with Crippen molar-refractivity contribution in [2.75, 3.05) is 18.8 Å². The van der Waals surface area contributed by atoms with Crippen LogP contribution in [0.2, 0.25) is 0 Å². The number of likely N-dealkylation sites (tertiary alicyclic amines) is 1. The molecular weight excluding hydrogens is 352 g/mol. The first-order chi connectivity index (χ1) is 11.5. The Morgan fingerprint density at radius 2 is 1.88 bits per heavy atom. The standard InChI is InChI=1S/C20H24N2OS.ClH/c1-14-8-9-19(15(2)10-14)24-13-20(23)22-11-17(18(21)12-22)16-6-4-3-5-7-16;/h3-10,17-18H,11-13,21H2,1-2H3;1H/t17-,18+;/m0./s1. The number of hydrogen-bond donors (Lipinski definition) is 1. The molecule has 25 heavy (non-hydrogen) atoms. The highest BCUT2D eigenvalue weighted by atomic mass is 35.5. The van der Waals surface area contributed by atoms with Gasteiger partial charge >= 0.3 is 0 Å². The molecule has 2 atom stereocenters. The quantitative estimate of drug-likeness (QED) is 0.826. The van der Waals surface area contributed by atoms with Crippen LogP contribution in [0.3, 0.4) is 0 Å². The van der Waals surface area contributed by atoms with Gasteiger partial charge in [-0.05, 0) is 31.0 Å². The van der Waals surface area contributed by atoms with Gasteiger partial charge in [0, 0.05) is 29.9 Å². The molecule has 2 aromatic carbocycles. The summed E-state index contributed by atoms with van der Waals surface area (Å²) in [5, 5.41) is 0. The second-order valence-electron chi connectivity index (χ2n) is 6.54. The maximum absolute atomic E-state index is 12.6. The molecule has 3 rings (SSSR count). The average Bonchev–Trinajstić information content (AvgIpc) is 2.96. The minimum Gasteiger partial charge on any atom is -0.340 e. The van der Waals surface area contributed by atoms with Gasteiger partial charge in [-0.15, -0.1) is 24.2 Å². The van der Waals surface area contributed by atoms with Crippen LogP contribution in [-0.4, -0.2) is 35.7 Å². The van der Waals surface area contributed by atoms with Gasteiger partial charge in [-0.2, -0.15) is 0 Å². The highest BCUT2D eigenvalue weighted by molar-refractivity contribution is 8.00. The Morgan fingerprint density at radius 1 is 1.16 bits per heavy atom. The lowest BCUT2D eigenvalue weighted by atomic mass is 9.95. The lowest BCUT2D eigenvalue weighted by Crippen LogP contribution is -2.33. The Morgan fingerprint density at radius 3 is 2.56 bits per heavy atom. The molecule has 1 aliphatic rings. The van der Waals surface area contributed by atoms with Crippen LogP contribution in [0.1, 0.15) is 22.6 Å². The van der Waals surface area contributed by atoms with Gasteiger partial charge in [-0.3, -0.25) is 4.79 Å². The molecule has 3 nitrogen and oxygen atoms in total. The average molecular weight is 377 g/mol. The van der Waals surface area contributed by atoms with Gasteiger partial charge in [0.25, 0.3) is 0 Å². The molecule has 2 aromatic rings. The lowest BCUT2D eigenvalue weighted by molar-refractivity contribution is -0.127. The number of rotatable bonds is 4. The number of nitrogens with zero attached hydrogens (tertiary/aromatic N) is 1. The first-order valence-electron chi connectivity index (χ1n) is 8.33. The van der Waals surface area contributed by atoms with Crippen LogP contribution in [0.15, 0.2) is 53.4 Å². The SMILES string of the molecule is Cc1ccc(SCC(=O)N2C[C@@H](N)[C@H](c3ccccc3)C2)c(C)c1.Cl. The van der Waals surface area contributed by atoms with E-state index in [1.165, 1.54) is 21.6 Å². The Balaban J connectivity index is 0.00000225. The Bertz CT molecular complexity index is 723. The molecule has 1 aliphatic heterocycles. The summed E-state index contributed by atoms with van der Waals surface area (Å²) in [6, 6.07) is 16.6. The van der Waals surface area contributed by atoms with Gasteiger partial charge in [-0.1, -0.05) is 48.0 Å². The van der Waals surface area contributed by atoms with Crippen molar-refractivity contribution in [1.82, 2.24) is 4.90 Å². The fraction of sp³-hybridized carbons (Fsp3) is 0.350. The normalized spacial score (nSPS) is 19.6. The predicted molar refractivity (Wildman–Crippen MR) is 108 cm³/mol. The molecule has 5 heteroatoms. The van der Waals surface area contributed by atoms with Gasteiger partial charge in [0.1, 0.15) is 0 Å². The molecule has 1 amide bonds. The minimum atomic E-state index is 0. The van der Waals surface area contributed by atoms with Gasteiger partial charge in [-0.25, -0.2) is 0 Å². The molecular formula is C20H25ClN2OS. The molecule has 0 aromatic heterocycles. The maximum atomic E-state index is 12.6. The maximum Gasteiger partial charge on any atom is 0.233 e. The summed E-state index contributed by atoms with van der Waals surface area (Å²) in [6.07, 6.45) is 0. The van der Waals surface area contributed by atoms with Gasteiger partial charge in [0.05, 0.1) is 5.75 Å². The van der Waals surface area contributed by atoms with E-state index in [9.17, 15) is 4.79 Å². The minimum absolute atomic E-state index is 0. The van der Waals surface area contributed by atoms with Crippen molar-refractivity contribution in [3.8, 4) is 0 Å². The van der Waals surface area contributed by atoms with E-state index in [1.807, 2.05) is 23.1 Å². The fourth-order valence-electron chi connectivity index (χ4n) is 3.28. The van der Waals surface area contributed by atoms with Crippen LogP contribution in [0.25, 0.3) is 0 Å². The third-order valence-corrected chi connectivity index (χ3v) is 5.79. The first kappa shape index (κ1) is 19.8. The van der Waals surface area contributed by atoms with E-state index in [0.717, 1.165) is 6.54 Å². The van der Waals surface area contributed by atoms with E-state index in [4.69, 9.17) is 5.73 Å². The van der Waals surface area contributed by atoms with Crippen molar-refractivity contribution < 1.29 is 4.79 Å². The number of thioether (sulfide) groups is 1. The van der Waals surface area contributed by atoms with Crippen molar-refractivity contribution in [2.24, 2.45) is 5.73 Å². The second-order valence-corrected chi connectivity index (χ2v) is 7.55. The lowest BCUT2D eigenvalue weighted by Gasteiger charge is -2.16. The Hall–Kier alpha value is -1.49. The molecule has 0 spiro atoms. The topological polar surface area (TPSA) is 46.3 Å². The summed E-state index contributed by atoms with van der Waals surface area (Å²) in [6.45, 7) is 5.54. The van der Waals surface area contributed by atoms with E-state index < -0.39 is 0 Å². The van der Waals surface area contributed by atoms with Crippen molar-refractivity contribution >= 4 is 30.1 Å². The first-order valence-corrected chi connectivity index (χ1v) is 9.31. The van der Waals surface area contributed by atoms with Crippen LogP contribution < -0.4 is 5.73 Å². The highest BCUT2D eigenvalue weighted by Crippen LogP contribution is 2.28. The zero-order valence-electron chi connectivity index (χ0n) is 14.6. The van der Waals surface area contributed by atoms with Crippen LogP contribution in [0.5, 0.6) is 0 Å². The molecule has 0 bridgehead atoms. The summed E-state index contributed by atoms with van der Waals surface area (Å²) in [5.74, 6) is 0.883. The molecule has 1 saturated heterocycles. The van der Waals surface area contributed by atoms with E-state index in [2.05, 4.69) is 44.2 Å². The largest absolute Gasteiger partial charge is 0.340 e. The summed E-state index contributed by atoms with van der Waals surface area (Å²) in [7, 11) is 0. The van der Waals surface area contributed by atoms with Crippen LogP contribution in [-0.2, 0) is 4.79 Å². The molecule has 2 N–H and O–H groups in total. The van der Waals surface area contributed by atoms with Crippen molar-refractivity contribution in [3.63, 3.8) is 0 Å². The van der Waals surface area contributed by atoms with Crippen molar-refractivity contribution in [3.05, 3.63) is 65.2 Å². The molecule has 0 unspecified atom stereocenters. The fourth-order valence-corrected chi connectivity index (χ4v) is 4.19. The molecule has 0 saturated carbocycles. The van der Waals surface area contributed by atoms with Gasteiger partial charge in [0.15, 0.2) is 0 Å². The number of aryl methyl sites for hydroxylation is 2. The summed E-state index contributed by atoms with van der Waals surface area (Å²) in [4.78, 5) is 15.7. The number of carbonyl (C=O) groups excluding carboxylic acids is 1. The third kappa shape index (κ3) is 4.78. The number of nitrogens with two attached hydrogens (primary N) is 1. The van der Waals surface area contributed by atoms with E-state index in [0.29, 0.717) is 12.3 Å². The second kappa shape index (κ2) is 8.75. The van der Waals surface area contributed by atoms with Crippen molar-refractivity contribution in [1.29, 1.82) is 0 Å². The van der Waals surface area contributed by atoms with Crippen LogP contribution in [0.4, 0.5) is 0 Å². The van der Waals surface area contributed by atoms with E-state index in [1.54, 1.807) is 11.8 Å². The molecule has 0 aliphatic carbocycles. The zero-order valence-corrected chi connectivity index (χ0v) is 16.3. The number of benzene rings is 2. The van der Waals surface area contributed by atoms with Gasteiger partial charge in [0.2, 0.25) is 5.91 Å². The number of carbonyl (C=O) groups is 1. The number of hydrogen-bond acceptors (Lipinski definition) is 3. The van der Waals surface area contributed by atoms with Gasteiger partial charge < -0.3 is 10.6 Å². The third-order valence-electron chi connectivity index (χ3n) is 4.63. The van der Waals surface area contributed by atoms with Crippen molar-refractivity contribution in [2.45, 2.75) is 30.7 Å². The molecule has 1 heterocycles. The van der Waals surface area contributed by atoms with Crippen LogP contribution >= 0.6 is 24.2 Å².